The van der Waals surface area contributed by atoms with Gasteiger partial charge in [-0.25, -0.2) is 4.79 Å². The summed E-state index contributed by atoms with van der Waals surface area (Å²) in [5.41, 5.74) is 1.78. The van der Waals surface area contributed by atoms with Gasteiger partial charge in [-0.05, 0) is 44.0 Å². The molecule has 1 aromatic carbocycles. The second-order valence-electron chi connectivity index (χ2n) is 5.53. The number of H-pyrrole nitrogens is 1. The van der Waals surface area contributed by atoms with Gasteiger partial charge in [0, 0.05) is 24.2 Å². The second-order valence-corrected chi connectivity index (χ2v) is 5.97. The third kappa shape index (κ3) is 2.50. The van der Waals surface area contributed by atoms with E-state index in [9.17, 15) is 4.79 Å². The largest absolute Gasteiger partial charge is 0.326 e. The third-order valence-corrected chi connectivity index (χ3v) is 4.38. The maximum Gasteiger partial charge on any atom is 0.326 e. The molecule has 2 aromatic rings. The van der Waals surface area contributed by atoms with Crippen LogP contribution in [-0.4, -0.2) is 34.1 Å². The lowest BCUT2D eigenvalue weighted by molar-refractivity contribution is 0.187. The number of piperidine rings is 1. The van der Waals surface area contributed by atoms with E-state index in [1.165, 1.54) is 6.42 Å². The Morgan fingerprint density at radius 3 is 2.80 bits per heavy atom. The second kappa shape index (κ2) is 5.62. The van der Waals surface area contributed by atoms with Crippen LogP contribution in [0.25, 0.3) is 11.0 Å². The molecule has 4 nitrogen and oxygen atoms in total. The number of imidazole rings is 1. The SMILES string of the molecule is CCCN1CCC(n2c(=O)[nH]c3ccc(Cl)cc32)CC1. The number of nitrogens with zero attached hydrogens (tertiary/aromatic N) is 2. The molecule has 0 bridgehead atoms. The predicted molar refractivity (Wildman–Crippen MR) is 82.6 cm³/mol. The van der Waals surface area contributed by atoms with Gasteiger partial charge in [0.2, 0.25) is 0 Å². The van der Waals surface area contributed by atoms with Crippen LogP contribution in [0.2, 0.25) is 5.02 Å². The van der Waals surface area contributed by atoms with E-state index in [1.807, 2.05) is 22.8 Å². The Kier molecular flexibility index (Phi) is 3.85. The quantitative estimate of drug-likeness (QED) is 0.945. The van der Waals surface area contributed by atoms with Crippen LogP contribution in [0.5, 0.6) is 0 Å². The molecule has 1 N–H and O–H groups in total. The average molecular weight is 294 g/mol. The summed E-state index contributed by atoms with van der Waals surface area (Å²) in [6.07, 6.45) is 3.24. The monoisotopic (exact) mass is 293 g/mol. The minimum atomic E-state index is -0.0174. The fourth-order valence-electron chi connectivity index (χ4n) is 3.17. The number of aromatic amines is 1. The van der Waals surface area contributed by atoms with Crippen molar-refractivity contribution in [2.24, 2.45) is 0 Å². The molecule has 108 valence electrons. The number of likely N-dealkylation sites (tertiary alicyclic amines) is 1. The Balaban J connectivity index is 1.89. The van der Waals surface area contributed by atoms with E-state index in [-0.39, 0.29) is 11.7 Å². The van der Waals surface area contributed by atoms with Gasteiger partial charge in [-0.3, -0.25) is 4.57 Å². The summed E-state index contributed by atoms with van der Waals surface area (Å²) in [5, 5.41) is 0.675. The first kappa shape index (κ1) is 13.7. The van der Waals surface area contributed by atoms with Crippen LogP contribution in [-0.2, 0) is 0 Å². The van der Waals surface area contributed by atoms with Crippen LogP contribution in [0.3, 0.4) is 0 Å². The standard InChI is InChI=1S/C15H20ClN3O/c1-2-7-18-8-5-12(6-9-18)19-14-10-11(16)3-4-13(14)17-15(19)20/h3-4,10,12H,2,5-9H2,1H3,(H,17,20). The number of benzene rings is 1. The van der Waals surface area contributed by atoms with Crippen LogP contribution < -0.4 is 5.69 Å². The van der Waals surface area contributed by atoms with Crippen LogP contribution >= 0.6 is 11.6 Å². The molecular weight excluding hydrogens is 274 g/mol. The Labute approximate surface area is 123 Å². The molecule has 1 aliphatic rings. The minimum absolute atomic E-state index is 0.0174. The first-order valence-electron chi connectivity index (χ1n) is 7.31. The van der Waals surface area contributed by atoms with Crippen LogP contribution in [0, 0.1) is 0 Å². The number of hydrogen-bond acceptors (Lipinski definition) is 2. The van der Waals surface area contributed by atoms with E-state index in [0.717, 1.165) is 43.5 Å². The molecule has 0 unspecified atom stereocenters. The number of hydrogen-bond donors (Lipinski definition) is 1. The Morgan fingerprint density at radius 1 is 1.35 bits per heavy atom. The van der Waals surface area contributed by atoms with E-state index in [4.69, 9.17) is 11.6 Å². The molecule has 0 radical (unpaired) electrons. The fourth-order valence-corrected chi connectivity index (χ4v) is 3.34. The van der Waals surface area contributed by atoms with Crippen molar-refractivity contribution in [3.63, 3.8) is 0 Å². The highest BCUT2D eigenvalue weighted by atomic mass is 35.5. The molecule has 0 atom stereocenters. The smallest absolute Gasteiger partial charge is 0.306 e. The summed E-state index contributed by atoms with van der Waals surface area (Å²) in [6.45, 7) is 5.50. The number of nitrogens with one attached hydrogen (secondary N) is 1. The molecule has 1 aliphatic heterocycles. The lowest BCUT2D eigenvalue weighted by atomic mass is 10.0. The fraction of sp³-hybridized carbons (Fsp3) is 0.533. The molecule has 1 aromatic heterocycles. The van der Waals surface area contributed by atoms with E-state index in [2.05, 4.69) is 16.8 Å². The molecule has 2 heterocycles. The highest BCUT2D eigenvalue weighted by molar-refractivity contribution is 6.31. The maximum absolute atomic E-state index is 12.2. The number of halogens is 1. The van der Waals surface area contributed by atoms with Crippen molar-refractivity contribution < 1.29 is 0 Å². The zero-order valence-corrected chi connectivity index (χ0v) is 12.5. The third-order valence-electron chi connectivity index (χ3n) is 4.14. The average Bonchev–Trinajstić information content (AvgIpc) is 2.76. The highest BCUT2D eigenvalue weighted by Crippen LogP contribution is 2.26. The lowest BCUT2D eigenvalue weighted by Gasteiger charge is -2.32. The number of aromatic nitrogens is 2. The van der Waals surface area contributed by atoms with Crippen molar-refractivity contribution in [3.8, 4) is 0 Å². The minimum Gasteiger partial charge on any atom is -0.306 e. The van der Waals surface area contributed by atoms with Crippen molar-refractivity contribution in [1.82, 2.24) is 14.5 Å². The maximum atomic E-state index is 12.2. The summed E-state index contributed by atoms with van der Waals surface area (Å²) < 4.78 is 1.89. The van der Waals surface area contributed by atoms with Crippen molar-refractivity contribution in [2.75, 3.05) is 19.6 Å². The summed E-state index contributed by atoms with van der Waals surface area (Å²) >= 11 is 6.07. The van der Waals surface area contributed by atoms with Crippen molar-refractivity contribution >= 4 is 22.6 Å². The predicted octanol–water partition coefficient (Wildman–Crippen LogP) is 3.03. The first-order valence-corrected chi connectivity index (χ1v) is 7.69. The lowest BCUT2D eigenvalue weighted by Crippen LogP contribution is -2.37. The van der Waals surface area contributed by atoms with Gasteiger partial charge in [-0.2, -0.15) is 0 Å². The van der Waals surface area contributed by atoms with Gasteiger partial charge in [-0.15, -0.1) is 0 Å². The molecule has 0 spiro atoms. The molecule has 3 rings (SSSR count). The van der Waals surface area contributed by atoms with Gasteiger partial charge in [0.05, 0.1) is 11.0 Å². The molecule has 1 fully saturated rings. The zero-order chi connectivity index (χ0) is 14.1. The Hall–Kier alpha value is -1.26. The van der Waals surface area contributed by atoms with Gasteiger partial charge in [0.1, 0.15) is 0 Å². The van der Waals surface area contributed by atoms with Gasteiger partial charge >= 0.3 is 5.69 Å². The number of rotatable bonds is 3. The molecule has 5 heteroatoms. The van der Waals surface area contributed by atoms with Gasteiger partial charge in [0.25, 0.3) is 0 Å². The van der Waals surface area contributed by atoms with Gasteiger partial charge in [-0.1, -0.05) is 18.5 Å². The van der Waals surface area contributed by atoms with Crippen molar-refractivity contribution in [1.29, 1.82) is 0 Å². The van der Waals surface area contributed by atoms with Crippen molar-refractivity contribution in [2.45, 2.75) is 32.2 Å². The van der Waals surface area contributed by atoms with E-state index < -0.39 is 0 Å². The molecule has 0 amide bonds. The van der Waals surface area contributed by atoms with E-state index >= 15 is 0 Å². The van der Waals surface area contributed by atoms with Crippen LogP contribution in [0.15, 0.2) is 23.0 Å². The Morgan fingerprint density at radius 2 is 2.10 bits per heavy atom. The highest BCUT2D eigenvalue weighted by Gasteiger charge is 2.23. The topological polar surface area (TPSA) is 41.0 Å². The van der Waals surface area contributed by atoms with Crippen molar-refractivity contribution in [3.05, 3.63) is 33.7 Å². The molecule has 1 saturated heterocycles. The normalized spacial score (nSPS) is 17.9. The summed E-state index contributed by atoms with van der Waals surface area (Å²) in [4.78, 5) is 17.6. The first-order chi connectivity index (χ1) is 9.69. The van der Waals surface area contributed by atoms with E-state index in [1.54, 1.807) is 0 Å². The van der Waals surface area contributed by atoms with Gasteiger partial charge in [0.15, 0.2) is 0 Å². The number of fused-ring (bicyclic) bond motifs is 1. The summed E-state index contributed by atoms with van der Waals surface area (Å²) in [6, 6.07) is 5.85. The molecule has 0 saturated carbocycles. The van der Waals surface area contributed by atoms with E-state index in [0.29, 0.717) is 5.02 Å². The zero-order valence-electron chi connectivity index (χ0n) is 11.7. The molecular formula is C15H20ClN3O. The van der Waals surface area contributed by atoms with Gasteiger partial charge < -0.3 is 9.88 Å². The van der Waals surface area contributed by atoms with Crippen LogP contribution in [0.4, 0.5) is 0 Å². The molecule has 20 heavy (non-hydrogen) atoms. The van der Waals surface area contributed by atoms with Crippen LogP contribution in [0.1, 0.15) is 32.2 Å². The Bertz CT molecular complexity index is 653. The summed E-state index contributed by atoms with van der Waals surface area (Å²) in [5.74, 6) is 0. The summed E-state index contributed by atoms with van der Waals surface area (Å²) in [7, 11) is 0. The molecule has 0 aliphatic carbocycles.